The van der Waals surface area contributed by atoms with Crippen molar-refractivity contribution in [1.29, 1.82) is 0 Å². The van der Waals surface area contributed by atoms with E-state index in [2.05, 4.69) is 15.6 Å². The lowest BCUT2D eigenvalue weighted by atomic mass is 10.2. The Morgan fingerprint density at radius 2 is 2.00 bits per heavy atom. The second-order valence-electron chi connectivity index (χ2n) is 6.62. The van der Waals surface area contributed by atoms with Gasteiger partial charge in [-0.05, 0) is 37.1 Å². The summed E-state index contributed by atoms with van der Waals surface area (Å²) in [6.45, 7) is 1.56. The number of nitrogens with zero attached hydrogens (tertiary/aromatic N) is 2. The lowest BCUT2D eigenvalue weighted by molar-refractivity contribution is 0.120. The zero-order valence-electron chi connectivity index (χ0n) is 16.1. The van der Waals surface area contributed by atoms with E-state index < -0.39 is 0 Å². The highest BCUT2D eigenvalue weighted by Crippen LogP contribution is 2.32. The molecule has 1 atom stereocenters. The summed E-state index contributed by atoms with van der Waals surface area (Å²) < 4.78 is 16.5. The Hall–Kier alpha value is -3.06. The van der Waals surface area contributed by atoms with Crippen molar-refractivity contribution >= 4 is 28.4 Å². The van der Waals surface area contributed by atoms with E-state index in [1.54, 1.807) is 14.2 Å². The number of anilines is 3. The molecule has 0 saturated carbocycles. The molecule has 7 nitrogen and oxygen atoms in total. The molecule has 2 N–H and O–H groups in total. The van der Waals surface area contributed by atoms with Crippen molar-refractivity contribution in [3.63, 3.8) is 0 Å². The number of benzene rings is 2. The Morgan fingerprint density at radius 1 is 1.11 bits per heavy atom. The molecule has 28 heavy (non-hydrogen) atoms. The molecule has 1 saturated heterocycles. The molecule has 3 aromatic rings. The second kappa shape index (κ2) is 8.31. The van der Waals surface area contributed by atoms with Gasteiger partial charge >= 0.3 is 0 Å². The number of hydrogen-bond acceptors (Lipinski definition) is 7. The quantitative estimate of drug-likeness (QED) is 0.642. The van der Waals surface area contributed by atoms with Gasteiger partial charge in [0.25, 0.3) is 0 Å². The summed E-state index contributed by atoms with van der Waals surface area (Å²) >= 11 is 0. The van der Waals surface area contributed by atoms with Crippen LogP contribution in [0.1, 0.15) is 12.8 Å². The zero-order valence-corrected chi connectivity index (χ0v) is 16.1. The van der Waals surface area contributed by atoms with Crippen LogP contribution in [-0.2, 0) is 4.74 Å². The van der Waals surface area contributed by atoms with E-state index in [0.717, 1.165) is 54.2 Å². The third-order valence-corrected chi connectivity index (χ3v) is 4.78. The van der Waals surface area contributed by atoms with Gasteiger partial charge in [0.2, 0.25) is 5.95 Å². The summed E-state index contributed by atoms with van der Waals surface area (Å²) in [6.07, 6.45) is 2.41. The normalized spacial score (nSPS) is 16.1. The van der Waals surface area contributed by atoms with Crippen LogP contribution in [0.4, 0.5) is 17.5 Å². The highest BCUT2D eigenvalue weighted by Gasteiger charge is 2.17. The molecule has 0 radical (unpaired) electrons. The molecular formula is C21H24N4O3. The predicted molar refractivity (Wildman–Crippen MR) is 110 cm³/mol. The monoisotopic (exact) mass is 380 g/mol. The minimum atomic E-state index is 0.226. The van der Waals surface area contributed by atoms with Crippen LogP contribution in [0.2, 0.25) is 0 Å². The van der Waals surface area contributed by atoms with Gasteiger partial charge in [-0.2, -0.15) is 4.98 Å². The highest BCUT2D eigenvalue weighted by molar-refractivity contribution is 5.90. The lowest BCUT2D eigenvalue weighted by Gasteiger charge is -2.15. The summed E-state index contributed by atoms with van der Waals surface area (Å²) in [5.41, 5.74) is 1.60. The van der Waals surface area contributed by atoms with Crippen molar-refractivity contribution in [2.75, 3.05) is 38.0 Å². The zero-order chi connectivity index (χ0) is 19.3. The van der Waals surface area contributed by atoms with Crippen molar-refractivity contribution in [3.05, 3.63) is 42.5 Å². The summed E-state index contributed by atoms with van der Waals surface area (Å²) in [6, 6.07) is 13.5. The van der Waals surface area contributed by atoms with E-state index in [-0.39, 0.29) is 6.10 Å². The number of fused-ring (bicyclic) bond motifs is 1. The predicted octanol–water partition coefficient (Wildman–Crippen LogP) is 3.98. The summed E-state index contributed by atoms with van der Waals surface area (Å²) in [4.78, 5) is 9.35. The first kappa shape index (κ1) is 18.3. The van der Waals surface area contributed by atoms with E-state index in [1.807, 2.05) is 42.5 Å². The van der Waals surface area contributed by atoms with Crippen molar-refractivity contribution < 1.29 is 14.2 Å². The number of para-hydroxylation sites is 1. The Bertz CT molecular complexity index is 958. The van der Waals surface area contributed by atoms with Crippen LogP contribution in [-0.4, -0.2) is 43.4 Å². The van der Waals surface area contributed by atoms with Gasteiger partial charge in [-0.1, -0.05) is 12.1 Å². The molecule has 1 fully saturated rings. The Labute approximate surface area is 164 Å². The van der Waals surface area contributed by atoms with Crippen LogP contribution in [0.25, 0.3) is 10.9 Å². The van der Waals surface area contributed by atoms with Crippen LogP contribution in [0.5, 0.6) is 11.5 Å². The Kier molecular flexibility index (Phi) is 5.43. The van der Waals surface area contributed by atoms with Crippen LogP contribution in [0.3, 0.4) is 0 Å². The number of methoxy groups -OCH3 is 2. The summed E-state index contributed by atoms with van der Waals surface area (Å²) in [5.74, 6) is 2.68. The molecule has 7 heteroatoms. The number of aromatic nitrogens is 2. The number of hydrogen-bond donors (Lipinski definition) is 2. The first-order chi connectivity index (χ1) is 13.8. The fourth-order valence-corrected chi connectivity index (χ4v) is 3.32. The van der Waals surface area contributed by atoms with Crippen LogP contribution in [0, 0.1) is 0 Å². The molecule has 2 aromatic carbocycles. The molecule has 0 aliphatic carbocycles. The number of nitrogens with one attached hydrogen (secondary N) is 2. The van der Waals surface area contributed by atoms with E-state index in [4.69, 9.17) is 19.2 Å². The fourth-order valence-electron chi connectivity index (χ4n) is 3.32. The van der Waals surface area contributed by atoms with Gasteiger partial charge < -0.3 is 24.8 Å². The maximum atomic E-state index is 5.72. The molecule has 1 aliphatic rings. The maximum Gasteiger partial charge on any atom is 0.229 e. The summed E-state index contributed by atoms with van der Waals surface area (Å²) in [7, 11) is 3.26. The Morgan fingerprint density at radius 3 is 2.79 bits per heavy atom. The van der Waals surface area contributed by atoms with E-state index >= 15 is 0 Å². The molecular weight excluding hydrogens is 356 g/mol. The first-order valence-corrected chi connectivity index (χ1v) is 9.38. The van der Waals surface area contributed by atoms with Gasteiger partial charge in [-0.15, -0.1) is 0 Å². The van der Waals surface area contributed by atoms with Crippen molar-refractivity contribution in [3.8, 4) is 11.5 Å². The van der Waals surface area contributed by atoms with Crippen LogP contribution >= 0.6 is 0 Å². The molecule has 2 heterocycles. The van der Waals surface area contributed by atoms with Gasteiger partial charge in [-0.25, -0.2) is 4.98 Å². The lowest BCUT2D eigenvalue weighted by Crippen LogP contribution is -2.19. The van der Waals surface area contributed by atoms with E-state index in [9.17, 15) is 0 Å². The third-order valence-electron chi connectivity index (χ3n) is 4.78. The van der Waals surface area contributed by atoms with Crippen LogP contribution < -0.4 is 20.1 Å². The number of ether oxygens (including phenoxy) is 3. The fraction of sp³-hybridized carbons (Fsp3) is 0.333. The molecule has 0 unspecified atom stereocenters. The van der Waals surface area contributed by atoms with Gasteiger partial charge in [0.05, 0.1) is 31.5 Å². The van der Waals surface area contributed by atoms with E-state index in [1.165, 1.54) is 0 Å². The van der Waals surface area contributed by atoms with Gasteiger partial charge in [-0.3, -0.25) is 0 Å². The minimum absolute atomic E-state index is 0.226. The molecule has 0 spiro atoms. The maximum absolute atomic E-state index is 5.72. The third kappa shape index (κ3) is 3.94. The van der Waals surface area contributed by atoms with Gasteiger partial charge in [0.15, 0.2) is 0 Å². The summed E-state index contributed by atoms with van der Waals surface area (Å²) in [5, 5.41) is 7.67. The van der Waals surface area contributed by atoms with Crippen molar-refractivity contribution in [2.24, 2.45) is 0 Å². The molecule has 1 aromatic heterocycles. The van der Waals surface area contributed by atoms with Gasteiger partial charge in [0, 0.05) is 24.6 Å². The van der Waals surface area contributed by atoms with Crippen molar-refractivity contribution in [1.82, 2.24) is 9.97 Å². The van der Waals surface area contributed by atoms with Crippen LogP contribution in [0.15, 0.2) is 42.5 Å². The smallest absolute Gasteiger partial charge is 0.229 e. The largest absolute Gasteiger partial charge is 0.497 e. The van der Waals surface area contributed by atoms with Gasteiger partial charge in [0.1, 0.15) is 17.3 Å². The second-order valence-corrected chi connectivity index (χ2v) is 6.62. The topological polar surface area (TPSA) is 77.5 Å². The Balaban J connectivity index is 1.65. The standard InChI is InChI=1S/C21H24N4O3/c1-26-14-9-10-19(27-2)18(12-14)24-21-23-17-8-4-3-7-16(17)20(25-21)22-13-15-6-5-11-28-15/h3-4,7-10,12,15H,5-6,11,13H2,1-2H3,(H2,22,23,24,25)/t15-/m0/s1. The molecule has 1 aliphatic heterocycles. The first-order valence-electron chi connectivity index (χ1n) is 9.38. The average molecular weight is 380 g/mol. The van der Waals surface area contributed by atoms with E-state index in [0.29, 0.717) is 11.7 Å². The minimum Gasteiger partial charge on any atom is -0.497 e. The molecule has 0 amide bonds. The van der Waals surface area contributed by atoms with Crippen molar-refractivity contribution in [2.45, 2.75) is 18.9 Å². The molecule has 0 bridgehead atoms. The number of rotatable bonds is 7. The molecule has 146 valence electrons. The SMILES string of the molecule is COc1ccc(OC)c(Nc2nc(NC[C@@H]3CCCO3)c3ccccc3n2)c1. The highest BCUT2D eigenvalue weighted by atomic mass is 16.5. The molecule has 4 rings (SSSR count). The average Bonchev–Trinajstić information content (AvgIpc) is 3.25.